The van der Waals surface area contributed by atoms with Crippen LogP contribution < -0.4 is 10.3 Å². The maximum absolute atomic E-state index is 13.1. The topological polar surface area (TPSA) is 87.4 Å². The van der Waals surface area contributed by atoms with E-state index in [1.807, 2.05) is 0 Å². The fourth-order valence-corrected chi connectivity index (χ4v) is 2.64. The highest BCUT2D eigenvalue weighted by molar-refractivity contribution is 5.77. The fourth-order valence-electron chi connectivity index (χ4n) is 2.64. The number of morpholine rings is 1. The van der Waals surface area contributed by atoms with Gasteiger partial charge in [0.1, 0.15) is 11.6 Å². The van der Waals surface area contributed by atoms with Gasteiger partial charge in [0.2, 0.25) is 5.91 Å². The quantitative estimate of drug-likeness (QED) is 0.860. The van der Waals surface area contributed by atoms with Crippen molar-refractivity contribution in [3.63, 3.8) is 0 Å². The van der Waals surface area contributed by atoms with Gasteiger partial charge in [0, 0.05) is 18.7 Å². The van der Waals surface area contributed by atoms with Crippen LogP contribution in [0.2, 0.25) is 0 Å². The lowest BCUT2D eigenvalue weighted by Gasteiger charge is -2.35. The molecule has 1 atom stereocenters. The van der Waals surface area contributed by atoms with Crippen LogP contribution in [0.1, 0.15) is 18.2 Å². The Balaban J connectivity index is 1.59. The molecule has 24 heavy (non-hydrogen) atoms. The second-order valence-electron chi connectivity index (χ2n) is 5.45. The minimum atomic E-state index is -0.386. The summed E-state index contributed by atoms with van der Waals surface area (Å²) in [4.78, 5) is 25.4. The third kappa shape index (κ3) is 3.83. The number of aromatic nitrogens is 2. The first-order chi connectivity index (χ1) is 11.6. The van der Waals surface area contributed by atoms with Crippen molar-refractivity contribution in [2.45, 2.75) is 12.5 Å². The average Bonchev–Trinajstić information content (AvgIpc) is 3.01. The lowest BCUT2D eigenvalue weighted by molar-refractivity contribution is -0.140. The van der Waals surface area contributed by atoms with Crippen LogP contribution in [-0.2, 0) is 9.53 Å². The van der Waals surface area contributed by atoms with E-state index in [0.717, 1.165) is 0 Å². The number of carbonyl (C=O) groups is 1. The van der Waals surface area contributed by atoms with E-state index in [0.29, 0.717) is 31.2 Å². The third-order valence-corrected chi connectivity index (χ3v) is 3.81. The zero-order valence-electron chi connectivity index (χ0n) is 13.0. The smallest absolute Gasteiger partial charge is 0.264 e. The number of benzene rings is 1. The Morgan fingerprint density at radius 3 is 3.00 bits per heavy atom. The van der Waals surface area contributed by atoms with Crippen molar-refractivity contribution in [3.8, 4) is 5.75 Å². The maximum atomic E-state index is 13.1. The van der Waals surface area contributed by atoms with Crippen LogP contribution in [0.15, 0.2) is 35.1 Å². The molecule has 1 amide bonds. The number of ether oxygens (including phenoxy) is 2. The van der Waals surface area contributed by atoms with Crippen molar-refractivity contribution in [2.24, 2.45) is 0 Å². The van der Waals surface area contributed by atoms with Crippen molar-refractivity contribution in [2.75, 3.05) is 26.4 Å². The van der Waals surface area contributed by atoms with Crippen molar-refractivity contribution < 1.29 is 18.7 Å². The van der Waals surface area contributed by atoms with Gasteiger partial charge in [0.15, 0.2) is 0 Å². The number of nitrogens with zero attached hydrogens (tertiary/aromatic N) is 1. The van der Waals surface area contributed by atoms with E-state index < -0.39 is 0 Å². The number of aromatic amines is 2. The Hall–Kier alpha value is -2.61. The molecule has 1 aliphatic heterocycles. The standard InChI is InChI=1S/C16H18FN3O4/c17-11-2-1-3-12(8-11)24-6-4-16(22)20-5-7-23-10-14(20)13-9-15(21)19-18-13/h1-3,8-9,14H,4-7,10H2,(H2,18,19,21). The van der Waals surface area contributed by atoms with Gasteiger partial charge in [-0.1, -0.05) is 6.07 Å². The molecule has 2 aromatic rings. The van der Waals surface area contributed by atoms with Gasteiger partial charge in [-0.05, 0) is 12.1 Å². The average molecular weight is 335 g/mol. The van der Waals surface area contributed by atoms with Crippen LogP contribution in [0.3, 0.4) is 0 Å². The van der Waals surface area contributed by atoms with E-state index in [1.54, 1.807) is 17.0 Å². The highest BCUT2D eigenvalue weighted by atomic mass is 19.1. The van der Waals surface area contributed by atoms with Crippen molar-refractivity contribution in [1.82, 2.24) is 15.1 Å². The van der Waals surface area contributed by atoms with Gasteiger partial charge in [-0.2, -0.15) is 0 Å². The highest BCUT2D eigenvalue weighted by Crippen LogP contribution is 2.22. The normalized spacial score (nSPS) is 17.7. The van der Waals surface area contributed by atoms with Gasteiger partial charge < -0.3 is 19.5 Å². The van der Waals surface area contributed by atoms with Crippen molar-refractivity contribution >= 4 is 5.91 Å². The van der Waals surface area contributed by atoms with Gasteiger partial charge in [0.05, 0.1) is 38.0 Å². The van der Waals surface area contributed by atoms with Crippen LogP contribution in [0, 0.1) is 5.82 Å². The molecule has 0 aliphatic carbocycles. The number of halogens is 1. The second-order valence-corrected chi connectivity index (χ2v) is 5.45. The molecule has 0 saturated carbocycles. The molecule has 0 radical (unpaired) electrons. The number of carbonyl (C=O) groups excluding carboxylic acids is 1. The molecule has 128 valence electrons. The van der Waals surface area contributed by atoms with Gasteiger partial charge >= 0.3 is 0 Å². The van der Waals surface area contributed by atoms with Gasteiger partial charge in [-0.25, -0.2) is 4.39 Å². The number of hydrogen-bond donors (Lipinski definition) is 2. The Labute approximate surface area is 137 Å². The van der Waals surface area contributed by atoms with Crippen LogP contribution in [0.4, 0.5) is 4.39 Å². The molecule has 1 unspecified atom stereocenters. The summed E-state index contributed by atoms with van der Waals surface area (Å²) in [6.07, 6.45) is 0.154. The van der Waals surface area contributed by atoms with Gasteiger partial charge in [-0.3, -0.25) is 14.7 Å². The van der Waals surface area contributed by atoms with Crippen LogP contribution in [-0.4, -0.2) is 47.4 Å². The SMILES string of the molecule is O=C(CCOc1cccc(F)c1)N1CCOCC1c1cc(=O)[nH][nH]1. The molecule has 7 nitrogen and oxygen atoms in total. The predicted molar refractivity (Wildman–Crippen MR) is 83.2 cm³/mol. The summed E-state index contributed by atoms with van der Waals surface area (Å²) in [5.74, 6) is -0.110. The summed E-state index contributed by atoms with van der Waals surface area (Å²) in [7, 11) is 0. The number of amides is 1. The molecule has 1 aromatic carbocycles. The van der Waals surface area contributed by atoms with Crippen LogP contribution in [0.5, 0.6) is 5.75 Å². The molecule has 2 N–H and O–H groups in total. The van der Waals surface area contributed by atoms with E-state index in [2.05, 4.69) is 10.2 Å². The van der Waals surface area contributed by atoms with Gasteiger partial charge in [-0.15, -0.1) is 0 Å². The highest BCUT2D eigenvalue weighted by Gasteiger charge is 2.29. The Morgan fingerprint density at radius 1 is 1.38 bits per heavy atom. The van der Waals surface area contributed by atoms with Crippen molar-refractivity contribution in [3.05, 3.63) is 52.2 Å². The first kappa shape index (κ1) is 16.3. The summed E-state index contributed by atoms with van der Waals surface area (Å²) in [5.41, 5.74) is 0.358. The lowest BCUT2D eigenvalue weighted by atomic mass is 10.1. The minimum absolute atomic E-state index is 0.109. The van der Waals surface area contributed by atoms with E-state index in [1.165, 1.54) is 18.2 Å². The maximum Gasteiger partial charge on any atom is 0.264 e. The number of H-pyrrole nitrogens is 2. The van der Waals surface area contributed by atoms with Crippen LogP contribution >= 0.6 is 0 Å². The first-order valence-corrected chi connectivity index (χ1v) is 7.66. The predicted octanol–water partition coefficient (Wildman–Crippen LogP) is 1.21. The van der Waals surface area contributed by atoms with Crippen LogP contribution in [0.25, 0.3) is 0 Å². The summed E-state index contributed by atoms with van der Waals surface area (Å²) in [6, 6.07) is 6.87. The molecule has 1 saturated heterocycles. The Bertz CT molecular complexity index is 758. The monoisotopic (exact) mass is 335 g/mol. The largest absolute Gasteiger partial charge is 0.493 e. The molecule has 0 bridgehead atoms. The summed E-state index contributed by atoms with van der Waals surface area (Å²) < 4.78 is 23.9. The van der Waals surface area contributed by atoms with Gasteiger partial charge in [0.25, 0.3) is 5.56 Å². The molecule has 8 heteroatoms. The lowest BCUT2D eigenvalue weighted by Crippen LogP contribution is -2.44. The molecule has 1 aromatic heterocycles. The second kappa shape index (κ2) is 7.31. The Kier molecular flexibility index (Phi) is 4.95. The summed E-state index contributed by atoms with van der Waals surface area (Å²) >= 11 is 0. The number of hydrogen-bond acceptors (Lipinski definition) is 4. The third-order valence-electron chi connectivity index (χ3n) is 3.81. The number of nitrogens with one attached hydrogen (secondary N) is 2. The van der Waals surface area contributed by atoms with E-state index in [9.17, 15) is 14.0 Å². The zero-order chi connectivity index (χ0) is 16.9. The molecule has 1 aliphatic rings. The molecular weight excluding hydrogens is 317 g/mol. The molecule has 1 fully saturated rings. The molecular formula is C16H18FN3O4. The molecule has 0 spiro atoms. The Morgan fingerprint density at radius 2 is 2.25 bits per heavy atom. The first-order valence-electron chi connectivity index (χ1n) is 7.66. The van der Waals surface area contributed by atoms with E-state index in [-0.39, 0.29) is 36.4 Å². The fraction of sp³-hybridized carbons (Fsp3) is 0.375. The van der Waals surface area contributed by atoms with Crippen molar-refractivity contribution in [1.29, 1.82) is 0 Å². The van der Waals surface area contributed by atoms with E-state index in [4.69, 9.17) is 9.47 Å². The van der Waals surface area contributed by atoms with E-state index >= 15 is 0 Å². The summed E-state index contributed by atoms with van der Waals surface area (Å²) in [5, 5.41) is 5.22. The minimum Gasteiger partial charge on any atom is -0.493 e. The number of rotatable bonds is 5. The zero-order valence-corrected chi connectivity index (χ0v) is 13.0. The molecule has 2 heterocycles. The molecule has 3 rings (SSSR count). The summed E-state index contributed by atoms with van der Waals surface area (Å²) in [6.45, 7) is 1.36.